The number of rotatable bonds is 11. The molecule has 1 aromatic carbocycles. The standard InChI is InChI=1S/C27H37N3O4/c1-6-16-29-20-24(28-21-29)18-23(25(31)33-7-2)15-11-12-17-30(26(32)34-27(3,4)5)19-22-13-9-8-10-14-22/h8-10,12-14,17-18,20-21H,6-7,11,15-16,19H2,1-5H3/b17-12+,23-18+. The number of amides is 1. The number of hydrogen-bond donors (Lipinski definition) is 0. The molecule has 184 valence electrons. The molecule has 7 nitrogen and oxygen atoms in total. The van der Waals surface area contributed by atoms with Gasteiger partial charge in [-0.1, -0.05) is 43.3 Å². The number of allylic oxidation sites excluding steroid dienone is 1. The van der Waals surface area contributed by atoms with E-state index in [0.717, 1.165) is 24.2 Å². The Morgan fingerprint density at radius 3 is 2.53 bits per heavy atom. The minimum atomic E-state index is -0.596. The van der Waals surface area contributed by atoms with Crippen LogP contribution in [0.3, 0.4) is 0 Å². The van der Waals surface area contributed by atoms with Crippen molar-refractivity contribution in [2.24, 2.45) is 0 Å². The number of imidazole rings is 1. The first-order chi connectivity index (χ1) is 16.2. The molecule has 0 saturated heterocycles. The van der Waals surface area contributed by atoms with Gasteiger partial charge in [0.1, 0.15) is 5.60 Å². The first-order valence-corrected chi connectivity index (χ1v) is 11.8. The molecule has 1 amide bonds. The molecule has 1 heterocycles. The number of benzene rings is 1. The number of carbonyl (C=O) groups is 2. The SMILES string of the molecule is CCCn1cnc(/C=C(\CC/C=C/N(Cc2ccccc2)C(=O)OC(C)(C)C)C(=O)OCC)c1. The lowest BCUT2D eigenvalue weighted by atomic mass is 10.1. The van der Waals surface area contributed by atoms with E-state index in [1.165, 1.54) is 0 Å². The molecule has 2 aromatic rings. The highest BCUT2D eigenvalue weighted by atomic mass is 16.6. The van der Waals surface area contributed by atoms with E-state index in [9.17, 15) is 9.59 Å². The lowest BCUT2D eigenvalue weighted by Crippen LogP contribution is -2.33. The van der Waals surface area contributed by atoms with Gasteiger partial charge in [-0.3, -0.25) is 4.90 Å². The largest absolute Gasteiger partial charge is 0.463 e. The summed E-state index contributed by atoms with van der Waals surface area (Å²) < 4.78 is 12.8. The summed E-state index contributed by atoms with van der Waals surface area (Å²) in [6, 6.07) is 9.73. The fraction of sp³-hybridized carbons (Fsp3) is 0.444. The van der Waals surface area contributed by atoms with Crippen molar-refractivity contribution in [1.29, 1.82) is 0 Å². The van der Waals surface area contributed by atoms with Crippen LogP contribution in [0.2, 0.25) is 0 Å². The van der Waals surface area contributed by atoms with Crippen LogP contribution in [0.15, 0.2) is 60.7 Å². The van der Waals surface area contributed by atoms with Crippen LogP contribution in [0.5, 0.6) is 0 Å². The average molecular weight is 468 g/mol. The summed E-state index contributed by atoms with van der Waals surface area (Å²) in [5, 5.41) is 0. The maximum atomic E-state index is 12.7. The Bertz CT molecular complexity index is 971. The molecule has 0 unspecified atom stereocenters. The Morgan fingerprint density at radius 1 is 1.15 bits per heavy atom. The van der Waals surface area contributed by atoms with Gasteiger partial charge in [0.25, 0.3) is 0 Å². The number of esters is 1. The third-order valence-electron chi connectivity index (χ3n) is 4.68. The third kappa shape index (κ3) is 9.65. The Labute approximate surface area is 203 Å². The lowest BCUT2D eigenvalue weighted by molar-refractivity contribution is -0.138. The second kappa shape index (κ2) is 13.4. The van der Waals surface area contributed by atoms with Gasteiger partial charge in [-0.2, -0.15) is 0 Å². The minimum absolute atomic E-state index is 0.305. The van der Waals surface area contributed by atoms with Crippen LogP contribution >= 0.6 is 0 Å². The van der Waals surface area contributed by atoms with Gasteiger partial charge in [-0.15, -0.1) is 0 Å². The van der Waals surface area contributed by atoms with Crippen molar-refractivity contribution in [1.82, 2.24) is 14.5 Å². The maximum absolute atomic E-state index is 12.7. The van der Waals surface area contributed by atoms with Crippen LogP contribution in [0, 0.1) is 0 Å². The Balaban J connectivity index is 2.12. The highest BCUT2D eigenvalue weighted by molar-refractivity contribution is 5.93. The number of hydrogen-bond acceptors (Lipinski definition) is 5. The zero-order valence-corrected chi connectivity index (χ0v) is 21.0. The summed E-state index contributed by atoms with van der Waals surface area (Å²) in [6.07, 6.45) is 10.6. The van der Waals surface area contributed by atoms with Crippen molar-refractivity contribution in [3.63, 3.8) is 0 Å². The number of aryl methyl sites for hydroxylation is 1. The predicted molar refractivity (Wildman–Crippen MR) is 134 cm³/mol. The first-order valence-electron chi connectivity index (χ1n) is 11.8. The van der Waals surface area contributed by atoms with Crippen LogP contribution in [0.4, 0.5) is 4.79 Å². The molecule has 0 spiro atoms. The van der Waals surface area contributed by atoms with Gasteiger partial charge in [0.15, 0.2) is 0 Å². The van der Waals surface area contributed by atoms with Crippen molar-refractivity contribution in [3.8, 4) is 0 Å². The molecule has 0 fully saturated rings. The second-order valence-corrected chi connectivity index (χ2v) is 8.94. The van der Waals surface area contributed by atoms with Crippen molar-refractivity contribution in [2.45, 2.75) is 72.6 Å². The van der Waals surface area contributed by atoms with E-state index < -0.39 is 11.7 Å². The second-order valence-electron chi connectivity index (χ2n) is 8.94. The summed E-state index contributed by atoms with van der Waals surface area (Å²) in [7, 11) is 0. The van der Waals surface area contributed by atoms with Gasteiger partial charge in [-0.25, -0.2) is 14.6 Å². The zero-order chi connectivity index (χ0) is 25.0. The van der Waals surface area contributed by atoms with Crippen LogP contribution in [-0.4, -0.2) is 38.7 Å². The van der Waals surface area contributed by atoms with Crippen molar-refractivity contribution in [2.75, 3.05) is 6.61 Å². The van der Waals surface area contributed by atoms with Gasteiger partial charge < -0.3 is 14.0 Å². The molecule has 1 aromatic heterocycles. The molecule has 0 bridgehead atoms. The van der Waals surface area contributed by atoms with E-state index in [1.807, 2.05) is 67.9 Å². The smallest absolute Gasteiger partial charge is 0.414 e. The molecule has 0 aliphatic heterocycles. The van der Waals surface area contributed by atoms with Crippen LogP contribution in [0.1, 0.15) is 65.1 Å². The van der Waals surface area contributed by atoms with Crippen molar-refractivity contribution >= 4 is 18.1 Å². The lowest BCUT2D eigenvalue weighted by Gasteiger charge is -2.25. The van der Waals surface area contributed by atoms with Gasteiger partial charge >= 0.3 is 12.1 Å². The van der Waals surface area contributed by atoms with E-state index >= 15 is 0 Å². The minimum Gasteiger partial charge on any atom is -0.463 e. The van der Waals surface area contributed by atoms with Gasteiger partial charge in [-0.05, 0) is 58.6 Å². The Hall–Kier alpha value is -3.35. The Morgan fingerprint density at radius 2 is 1.88 bits per heavy atom. The maximum Gasteiger partial charge on any atom is 0.414 e. The molecule has 0 radical (unpaired) electrons. The molecule has 0 aliphatic rings. The first kappa shape index (κ1) is 26.9. The van der Waals surface area contributed by atoms with E-state index in [2.05, 4.69) is 11.9 Å². The molecule has 7 heteroatoms. The van der Waals surface area contributed by atoms with Gasteiger partial charge in [0.05, 0.1) is 25.2 Å². The third-order valence-corrected chi connectivity index (χ3v) is 4.68. The van der Waals surface area contributed by atoms with Crippen LogP contribution < -0.4 is 0 Å². The molecular formula is C27H37N3O4. The van der Waals surface area contributed by atoms with Crippen molar-refractivity contribution < 1.29 is 19.1 Å². The molecule has 0 aliphatic carbocycles. The van der Waals surface area contributed by atoms with Crippen LogP contribution in [-0.2, 0) is 27.4 Å². The molecule has 0 N–H and O–H groups in total. The van der Waals surface area contributed by atoms with E-state index in [1.54, 1.807) is 30.4 Å². The summed E-state index contributed by atoms with van der Waals surface area (Å²) >= 11 is 0. The summed E-state index contributed by atoms with van der Waals surface area (Å²) in [6.45, 7) is 11.0. The monoisotopic (exact) mass is 467 g/mol. The summed E-state index contributed by atoms with van der Waals surface area (Å²) in [5.74, 6) is -0.353. The zero-order valence-electron chi connectivity index (χ0n) is 21.0. The van der Waals surface area contributed by atoms with Gasteiger partial charge in [0.2, 0.25) is 0 Å². The van der Waals surface area contributed by atoms with E-state index in [4.69, 9.17) is 9.47 Å². The number of ether oxygens (including phenoxy) is 2. The normalized spacial score (nSPS) is 12.1. The summed E-state index contributed by atoms with van der Waals surface area (Å²) in [5.41, 5.74) is 1.66. The number of aromatic nitrogens is 2. The fourth-order valence-electron chi connectivity index (χ4n) is 3.19. The Kier molecular flexibility index (Phi) is 10.6. The average Bonchev–Trinajstić information content (AvgIpc) is 3.22. The van der Waals surface area contributed by atoms with E-state index in [-0.39, 0.29) is 5.97 Å². The number of nitrogens with zero attached hydrogens (tertiary/aromatic N) is 3. The topological polar surface area (TPSA) is 73.7 Å². The van der Waals surface area contributed by atoms with E-state index in [0.29, 0.717) is 31.6 Å². The fourth-order valence-corrected chi connectivity index (χ4v) is 3.19. The quantitative estimate of drug-likeness (QED) is 0.301. The highest BCUT2D eigenvalue weighted by Crippen LogP contribution is 2.16. The summed E-state index contributed by atoms with van der Waals surface area (Å²) in [4.78, 5) is 31.1. The molecule has 34 heavy (non-hydrogen) atoms. The van der Waals surface area contributed by atoms with Crippen LogP contribution in [0.25, 0.3) is 6.08 Å². The van der Waals surface area contributed by atoms with Crippen molar-refractivity contribution in [3.05, 3.63) is 72.0 Å². The molecule has 0 saturated carbocycles. The molecule has 0 atom stereocenters. The highest BCUT2D eigenvalue weighted by Gasteiger charge is 2.21. The molecule has 2 rings (SSSR count). The van der Waals surface area contributed by atoms with Gasteiger partial charge in [0, 0.05) is 24.5 Å². The predicted octanol–water partition coefficient (Wildman–Crippen LogP) is 5.97. The molecular weight excluding hydrogens is 430 g/mol. The number of carbonyl (C=O) groups excluding carboxylic acids is 2.